The smallest absolute Gasteiger partial charge is 0.236 e. The Balaban J connectivity index is 2.12. The molecule has 106 valence electrons. The molecular weight excluding hydrogens is 276 g/mol. The molecule has 2 aromatic rings. The minimum absolute atomic E-state index is 0.113. The van der Waals surface area contributed by atoms with Crippen molar-refractivity contribution in [1.82, 2.24) is 4.98 Å². The van der Waals surface area contributed by atoms with Crippen LogP contribution in [0.25, 0.3) is 0 Å². The number of nitrogens with zero attached hydrogens (tertiary/aromatic N) is 1. The van der Waals surface area contributed by atoms with E-state index < -0.39 is 10.0 Å². The van der Waals surface area contributed by atoms with E-state index in [0.717, 1.165) is 5.69 Å². The van der Waals surface area contributed by atoms with Crippen molar-refractivity contribution in [3.8, 4) is 5.75 Å². The van der Waals surface area contributed by atoms with E-state index >= 15 is 0 Å². The highest BCUT2D eigenvalue weighted by molar-refractivity contribution is 7.91. The lowest BCUT2D eigenvalue weighted by molar-refractivity contribution is 0.414. The fourth-order valence-electron chi connectivity index (χ4n) is 1.73. The van der Waals surface area contributed by atoms with E-state index in [2.05, 4.69) is 9.71 Å². The van der Waals surface area contributed by atoms with Crippen LogP contribution in [-0.2, 0) is 15.8 Å². The van der Waals surface area contributed by atoms with Crippen molar-refractivity contribution in [1.29, 1.82) is 0 Å². The molecule has 1 N–H and O–H groups in total. The van der Waals surface area contributed by atoms with Crippen LogP contribution in [0.15, 0.2) is 42.6 Å². The molecule has 0 aliphatic heterocycles. The molecule has 5 nitrogen and oxygen atoms in total. The predicted molar refractivity (Wildman–Crippen MR) is 78.2 cm³/mol. The summed E-state index contributed by atoms with van der Waals surface area (Å²) in [4.78, 5) is 4.05. The first-order valence-corrected chi connectivity index (χ1v) is 7.70. The molecular formula is C14H16N2O3S. The van der Waals surface area contributed by atoms with Gasteiger partial charge in [-0.1, -0.05) is 12.1 Å². The van der Waals surface area contributed by atoms with Gasteiger partial charge in [0, 0.05) is 5.69 Å². The van der Waals surface area contributed by atoms with Gasteiger partial charge < -0.3 is 4.74 Å². The quantitative estimate of drug-likeness (QED) is 0.918. The Kier molecular flexibility index (Phi) is 4.24. The molecule has 0 radical (unpaired) electrons. The zero-order valence-electron chi connectivity index (χ0n) is 11.3. The predicted octanol–water partition coefficient (Wildman–Crippen LogP) is 2.34. The second kappa shape index (κ2) is 5.92. The third kappa shape index (κ3) is 3.96. The Bertz CT molecular complexity index is 682. The maximum Gasteiger partial charge on any atom is 0.236 e. The first-order valence-electron chi connectivity index (χ1n) is 6.04. The molecule has 1 heterocycles. The fourth-order valence-corrected chi connectivity index (χ4v) is 2.90. The second-order valence-corrected chi connectivity index (χ2v) is 6.12. The molecule has 2 rings (SSSR count). The topological polar surface area (TPSA) is 68.3 Å². The molecule has 0 amide bonds. The normalized spacial score (nSPS) is 11.1. The largest absolute Gasteiger partial charge is 0.497 e. The maximum absolute atomic E-state index is 12.1. The Labute approximate surface area is 118 Å². The molecule has 0 unspecified atom stereocenters. The molecule has 0 aliphatic carbocycles. The zero-order valence-corrected chi connectivity index (χ0v) is 12.1. The highest BCUT2D eigenvalue weighted by Gasteiger charge is 2.12. The van der Waals surface area contributed by atoms with Crippen LogP contribution in [0.4, 0.5) is 5.69 Å². The van der Waals surface area contributed by atoms with Crippen molar-refractivity contribution in [3.05, 3.63) is 53.9 Å². The molecule has 0 aliphatic rings. The van der Waals surface area contributed by atoms with Crippen molar-refractivity contribution < 1.29 is 13.2 Å². The van der Waals surface area contributed by atoms with E-state index in [9.17, 15) is 8.42 Å². The number of sulfonamides is 1. The van der Waals surface area contributed by atoms with Crippen molar-refractivity contribution in [2.24, 2.45) is 0 Å². The average molecular weight is 292 g/mol. The number of aryl methyl sites for hydroxylation is 1. The van der Waals surface area contributed by atoms with E-state index in [-0.39, 0.29) is 5.75 Å². The minimum Gasteiger partial charge on any atom is -0.497 e. The van der Waals surface area contributed by atoms with Gasteiger partial charge in [-0.3, -0.25) is 9.71 Å². The van der Waals surface area contributed by atoms with E-state index in [0.29, 0.717) is 17.0 Å². The summed E-state index contributed by atoms with van der Waals surface area (Å²) >= 11 is 0. The lowest BCUT2D eigenvalue weighted by Gasteiger charge is -2.09. The molecule has 0 fully saturated rings. The Hall–Kier alpha value is -2.08. The summed E-state index contributed by atoms with van der Waals surface area (Å²) < 4.78 is 31.7. The zero-order chi connectivity index (χ0) is 14.6. The van der Waals surface area contributed by atoms with E-state index in [1.807, 2.05) is 6.92 Å². The van der Waals surface area contributed by atoms with Crippen LogP contribution in [0.1, 0.15) is 11.3 Å². The summed E-state index contributed by atoms with van der Waals surface area (Å²) in [5.41, 5.74) is 1.95. The van der Waals surface area contributed by atoms with Crippen LogP contribution >= 0.6 is 0 Å². The van der Waals surface area contributed by atoms with Gasteiger partial charge in [0.25, 0.3) is 0 Å². The lowest BCUT2D eigenvalue weighted by atomic mass is 10.2. The number of hydrogen-bond acceptors (Lipinski definition) is 4. The van der Waals surface area contributed by atoms with Gasteiger partial charge >= 0.3 is 0 Å². The number of methoxy groups -OCH3 is 1. The number of benzene rings is 1. The standard InChI is InChI=1S/C14H16N2O3S/c1-11-6-7-13(9-15-11)16-20(17,18)10-12-4-3-5-14(8-12)19-2/h3-9,16H,10H2,1-2H3. The summed E-state index contributed by atoms with van der Waals surface area (Å²) in [6.45, 7) is 1.84. The molecule has 1 aromatic carbocycles. The number of rotatable bonds is 5. The van der Waals surface area contributed by atoms with Crippen molar-refractivity contribution in [2.75, 3.05) is 11.8 Å². The average Bonchev–Trinajstić information content (AvgIpc) is 2.41. The van der Waals surface area contributed by atoms with Gasteiger partial charge in [0.1, 0.15) is 5.75 Å². The van der Waals surface area contributed by atoms with Crippen LogP contribution in [0.2, 0.25) is 0 Å². The summed E-state index contributed by atoms with van der Waals surface area (Å²) in [6.07, 6.45) is 1.50. The van der Waals surface area contributed by atoms with Crippen LogP contribution < -0.4 is 9.46 Å². The third-order valence-electron chi connectivity index (χ3n) is 2.68. The first kappa shape index (κ1) is 14.3. The number of pyridine rings is 1. The SMILES string of the molecule is COc1cccc(CS(=O)(=O)Nc2ccc(C)nc2)c1. The lowest BCUT2D eigenvalue weighted by Crippen LogP contribution is -2.15. The van der Waals surface area contributed by atoms with Crippen molar-refractivity contribution in [3.63, 3.8) is 0 Å². The number of nitrogens with one attached hydrogen (secondary N) is 1. The van der Waals surface area contributed by atoms with Crippen molar-refractivity contribution >= 4 is 15.7 Å². The minimum atomic E-state index is -3.47. The van der Waals surface area contributed by atoms with E-state index in [1.165, 1.54) is 6.20 Å². The molecule has 0 spiro atoms. The summed E-state index contributed by atoms with van der Waals surface area (Å²) in [7, 11) is -1.93. The number of aromatic nitrogens is 1. The van der Waals surface area contributed by atoms with Gasteiger partial charge in [-0.2, -0.15) is 0 Å². The fraction of sp³-hybridized carbons (Fsp3) is 0.214. The van der Waals surface area contributed by atoms with Crippen molar-refractivity contribution in [2.45, 2.75) is 12.7 Å². The van der Waals surface area contributed by atoms with E-state index in [1.54, 1.807) is 43.5 Å². The number of anilines is 1. The van der Waals surface area contributed by atoms with Crippen LogP contribution in [0.3, 0.4) is 0 Å². The Morgan fingerprint density at radius 2 is 2.05 bits per heavy atom. The Morgan fingerprint density at radius 1 is 1.25 bits per heavy atom. The van der Waals surface area contributed by atoms with Gasteiger partial charge in [-0.15, -0.1) is 0 Å². The molecule has 20 heavy (non-hydrogen) atoms. The monoisotopic (exact) mass is 292 g/mol. The molecule has 0 saturated carbocycles. The van der Waals surface area contributed by atoms with Gasteiger partial charge in [-0.05, 0) is 36.8 Å². The summed E-state index contributed by atoms with van der Waals surface area (Å²) in [6, 6.07) is 10.4. The van der Waals surface area contributed by atoms with Crippen LogP contribution in [0, 0.1) is 6.92 Å². The van der Waals surface area contributed by atoms with Crippen LogP contribution in [0.5, 0.6) is 5.75 Å². The third-order valence-corrected chi connectivity index (χ3v) is 3.94. The Morgan fingerprint density at radius 3 is 2.70 bits per heavy atom. The highest BCUT2D eigenvalue weighted by Crippen LogP contribution is 2.16. The summed E-state index contributed by atoms with van der Waals surface area (Å²) in [5.74, 6) is 0.521. The first-order chi connectivity index (χ1) is 9.48. The maximum atomic E-state index is 12.1. The molecule has 6 heteroatoms. The highest BCUT2D eigenvalue weighted by atomic mass is 32.2. The molecule has 0 bridgehead atoms. The van der Waals surface area contributed by atoms with Gasteiger partial charge in [0.15, 0.2) is 0 Å². The number of hydrogen-bond donors (Lipinski definition) is 1. The number of ether oxygens (including phenoxy) is 1. The summed E-state index contributed by atoms with van der Waals surface area (Å²) in [5, 5.41) is 0. The van der Waals surface area contributed by atoms with Gasteiger partial charge in [0.2, 0.25) is 10.0 Å². The molecule has 0 saturated heterocycles. The molecule has 1 aromatic heterocycles. The molecule has 0 atom stereocenters. The van der Waals surface area contributed by atoms with Gasteiger partial charge in [-0.25, -0.2) is 8.42 Å². The van der Waals surface area contributed by atoms with E-state index in [4.69, 9.17) is 4.74 Å². The second-order valence-electron chi connectivity index (χ2n) is 4.40. The van der Waals surface area contributed by atoms with Gasteiger partial charge in [0.05, 0.1) is 24.7 Å². The van der Waals surface area contributed by atoms with Crippen LogP contribution in [-0.4, -0.2) is 20.5 Å².